The molecule has 17 heavy (non-hydrogen) atoms. The third-order valence-electron chi connectivity index (χ3n) is 3.13. The van der Waals surface area contributed by atoms with Crippen LogP contribution < -0.4 is 5.32 Å². The van der Waals surface area contributed by atoms with Gasteiger partial charge >= 0.3 is 0 Å². The summed E-state index contributed by atoms with van der Waals surface area (Å²) in [6.07, 6.45) is 0.887. The molecular formula is C12H22N4O. The van der Waals surface area contributed by atoms with Crippen LogP contribution in [0.5, 0.6) is 0 Å². The minimum Gasteiger partial charge on any atom is -0.338 e. The second-order valence-corrected chi connectivity index (χ2v) is 5.11. The van der Waals surface area contributed by atoms with Crippen molar-refractivity contribution in [3.63, 3.8) is 0 Å². The maximum absolute atomic E-state index is 5.36. The lowest BCUT2D eigenvalue weighted by molar-refractivity contribution is 0.154. The van der Waals surface area contributed by atoms with E-state index in [0.29, 0.717) is 5.92 Å². The highest BCUT2D eigenvalue weighted by atomic mass is 16.5. The molecule has 2 rings (SSSR count). The first-order chi connectivity index (χ1) is 8.16. The van der Waals surface area contributed by atoms with Crippen LogP contribution in [0.2, 0.25) is 0 Å². The van der Waals surface area contributed by atoms with Crippen molar-refractivity contribution in [3.05, 3.63) is 11.7 Å². The second kappa shape index (κ2) is 5.60. The summed E-state index contributed by atoms with van der Waals surface area (Å²) in [6.45, 7) is 10.6. The molecule has 5 heteroatoms. The van der Waals surface area contributed by atoms with Crippen LogP contribution in [0.1, 0.15) is 38.5 Å². The maximum Gasteiger partial charge on any atom is 0.243 e. The van der Waals surface area contributed by atoms with E-state index in [1.54, 1.807) is 0 Å². The molecule has 0 bridgehead atoms. The van der Waals surface area contributed by atoms with Crippen molar-refractivity contribution in [3.8, 4) is 0 Å². The quantitative estimate of drug-likeness (QED) is 0.855. The molecule has 2 heterocycles. The number of aromatic nitrogens is 2. The van der Waals surface area contributed by atoms with Crippen LogP contribution >= 0.6 is 0 Å². The Labute approximate surface area is 103 Å². The average molecular weight is 238 g/mol. The van der Waals surface area contributed by atoms with Crippen molar-refractivity contribution in [1.82, 2.24) is 20.4 Å². The fraction of sp³-hybridized carbons (Fsp3) is 0.833. The van der Waals surface area contributed by atoms with E-state index in [9.17, 15) is 0 Å². The van der Waals surface area contributed by atoms with Crippen molar-refractivity contribution in [2.24, 2.45) is 5.92 Å². The van der Waals surface area contributed by atoms with Gasteiger partial charge in [-0.2, -0.15) is 4.98 Å². The fourth-order valence-electron chi connectivity index (χ4n) is 2.11. The summed E-state index contributed by atoms with van der Waals surface area (Å²) in [5, 5.41) is 7.39. The molecule has 1 aliphatic rings. The van der Waals surface area contributed by atoms with Gasteiger partial charge in [0.1, 0.15) is 0 Å². The van der Waals surface area contributed by atoms with Gasteiger partial charge in [-0.3, -0.25) is 4.90 Å². The minimum atomic E-state index is 0.227. The van der Waals surface area contributed by atoms with E-state index < -0.39 is 0 Å². The van der Waals surface area contributed by atoms with Gasteiger partial charge in [0.25, 0.3) is 0 Å². The highest BCUT2D eigenvalue weighted by Gasteiger charge is 2.22. The molecule has 0 radical (unpaired) electrons. The van der Waals surface area contributed by atoms with E-state index in [1.807, 2.05) is 0 Å². The summed E-state index contributed by atoms with van der Waals surface area (Å²) in [5.74, 6) is 2.15. The molecule has 0 amide bonds. The van der Waals surface area contributed by atoms with E-state index in [4.69, 9.17) is 4.52 Å². The molecule has 1 aliphatic heterocycles. The molecule has 0 spiro atoms. The molecule has 1 fully saturated rings. The van der Waals surface area contributed by atoms with Crippen molar-refractivity contribution >= 4 is 0 Å². The first kappa shape index (κ1) is 12.5. The predicted octanol–water partition coefficient (Wildman–Crippen LogP) is 1.23. The Hall–Kier alpha value is -0.940. The summed E-state index contributed by atoms with van der Waals surface area (Å²) in [5.41, 5.74) is 0. The third-order valence-corrected chi connectivity index (χ3v) is 3.13. The molecule has 5 nitrogen and oxygen atoms in total. The van der Waals surface area contributed by atoms with Crippen LogP contribution in [0.3, 0.4) is 0 Å². The first-order valence-corrected chi connectivity index (χ1v) is 6.44. The van der Waals surface area contributed by atoms with Gasteiger partial charge in [0.05, 0.1) is 6.04 Å². The number of piperazine rings is 1. The van der Waals surface area contributed by atoms with Crippen LogP contribution in [0.15, 0.2) is 4.52 Å². The topological polar surface area (TPSA) is 54.2 Å². The van der Waals surface area contributed by atoms with Gasteiger partial charge in [0, 0.05) is 32.6 Å². The van der Waals surface area contributed by atoms with Gasteiger partial charge in [-0.1, -0.05) is 19.0 Å². The zero-order valence-corrected chi connectivity index (χ0v) is 10.9. The number of rotatable bonds is 4. The van der Waals surface area contributed by atoms with Crippen LogP contribution in [-0.4, -0.2) is 41.2 Å². The van der Waals surface area contributed by atoms with Crippen molar-refractivity contribution in [2.75, 3.05) is 26.2 Å². The molecule has 0 saturated carbocycles. The number of nitrogens with zero attached hydrogens (tertiary/aromatic N) is 3. The smallest absolute Gasteiger partial charge is 0.243 e. The van der Waals surface area contributed by atoms with E-state index in [2.05, 4.69) is 41.1 Å². The summed E-state index contributed by atoms with van der Waals surface area (Å²) in [4.78, 5) is 6.86. The highest BCUT2D eigenvalue weighted by molar-refractivity contribution is 4.93. The van der Waals surface area contributed by atoms with Crippen molar-refractivity contribution < 1.29 is 4.52 Å². The molecule has 0 aliphatic carbocycles. The molecular weight excluding hydrogens is 216 g/mol. The molecule has 1 atom stereocenters. The lowest BCUT2D eigenvalue weighted by Crippen LogP contribution is -2.44. The molecule has 0 aromatic carbocycles. The molecule has 1 aromatic heterocycles. The maximum atomic E-state index is 5.36. The molecule has 1 saturated heterocycles. The van der Waals surface area contributed by atoms with E-state index in [1.165, 1.54) is 0 Å². The standard InChI is InChI=1S/C12H22N4O/c1-9(2)8-11-14-12(17-15-11)10(3)16-6-4-13-5-7-16/h9-10,13H,4-8H2,1-3H3. The van der Waals surface area contributed by atoms with Gasteiger partial charge in [0.15, 0.2) is 5.82 Å². The number of nitrogens with one attached hydrogen (secondary N) is 1. The summed E-state index contributed by atoms with van der Waals surface area (Å²) in [6, 6.07) is 0.227. The molecule has 1 N–H and O–H groups in total. The lowest BCUT2D eigenvalue weighted by atomic mass is 10.1. The van der Waals surface area contributed by atoms with Gasteiger partial charge in [-0.25, -0.2) is 0 Å². The lowest BCUT2D eigenvalue weighted by Gasteiger charge is -2.30. The summed E-state index contributed by atoms with van der Waals surface area (Å²) in [7, 11) is 0. The number of hydrogen-bond donors (Lipinski definition) is 1. The Morgan fingerprint density at radius 3 is 2.65 bits per heavy atom. The van der Waals surface area contributed by atoms with Crippen molar-refractivity contribution in [2.45, 2.75) is 33.2 Å². The van der Waals surface area contributed by atoms with Crippen molar-refractivity contribution in [1.29, 1.82) is 0 Å². The largest absolute Gasteiger partial charge is 0.338 e. The van der Waals surface area contributed by atoms with Gasteiger partial charge in [0.2, 0.25) is 5.89 Å². The predicted molar refractivity (Wildman–Crippen MR) is 65.7 cm³/mol. The minimum absolute atomic E-state index is 0.227. The SMILES string of the molecule is CC(C)Cc1noc(C(C)N2CCNCC2)n1. The van der Waals surface area contributed by atoms with E-state index >= 15 is 0 Å². The van der Waals surface area contributed by atoms with E-state index in [0.717, 1.165) is 44.3 Å². The zero-order valence-electron chi connectivity index (χ0n) is 10.9. The van der Waals surface area contributed by atoms with Gasteiger partial charge < -0.3 is 9.84 Å². The van der Waals surface area contributed by atoms with E-state index in [-0.39, 0.29) is 6.04 Å². The summed E-state index contributed by atoms with van der Waals surface area (Å²) >= 11 is 0. The molecule has 1 unspecified atom stereocenters. The highest BCUT2D eigenvalue weighted by Crippen LogP contribution is 2.19. The normalized spacial score (nSPS) is 19.8. The fourth-order valence-corrected chi connectivity index (χ4v) is 2.11. The van der Waals surface area contributed by atoms with Gasteiger partial charge in [-0.15, -0.1) is 0 Å². The monoisotopic (exact) mass is 238 g/mol. The Kier molecular flexibility index (Phi) is 4.12. The Morgan fingerprint density at radius 2 is 2.00 bits per heavy atom. The zero-order chi connectivity index (χ0) is 12.3. The molecule has 1 aromatic rings. The average Bonchev–Trinajstić information content (AvgIpc) is 2.77. The Balaban J connectivity index is 1.98. The Morgan fingerprint density at radius 1 is 1.29 bits per heavy atom. The third kappa shape index (κ3) is 3.26. The first-order valence-electron chi connectivity index (χ1n) is 6.44. The van der Waals surface area contributed by atoms with Crippen LogP contribution in [0, 0.1) is 5.92 Å². The number of hydrogen-bond acceptors (Lipinski definition) is 5. The molecule has 96 valence electrons. The van der Waals surface area contributed by atoms with Crippen LogP contribution in [0.25, 0.3) is 0 Å². The van der Waals surface area contributed by atoms with Crippen LogP contribution in [0.4, 0.5) is 0 Å². The summed E-state index contributed by atoms with van der Waals surface area (Å²) < 4.78 is 5.36. The Bertz CT molecular complexity index is 344. The van der Waals surface area contributed by atoms with Gasteiger partial charge in [-0.05, 0) is 12.8 Å². The second-order valence-electron chi connectivity index (χ2n) is 5.11. The van der Waals surface area contributed by atoms with Crippen LogP contribution in [-0.2, 0) is 6.42 Å².